The molecule has 0 fully saturated rings. The molecule has 0 spiro atoms. The summed E-state index contributed by atoms with van der Waals surface area (Å²) < 4.78 is 32.7. The number of unbranched alkanes of at least 4 members (excludes halogenated alkanes) is 15. The number of phosphoric ester groups is 1. The summed E-state index contributed by atoms with van der Waals surface area (Å²) in [7, 11) is -4.74. The fourth-order valence-electron chi connectivity index (χ4n) is 5.97. The van der Waals surface area contributed by atoms with E-state index in [2.05, 4.69) is 85.2 Å². The van der Waals surface area contributed by atoms with E-state index < -0.39 is 51.1 Å². The molecular formula is C50H84NO10P. The summed E-state index contributed by atoms with van der Waals surface area (Å²) in [6, 6.07) is -1.54. The highest BCUT2D eigenvalue weighted by Gasteiger charge is 2.28. The molecule has 62 heavy (non-hydrogen) atoms. The van der Waals surface area contributed by atoms with Crippen molar-refractivity contribution in [3.63, 3.8) is 0 Å². The Hall–Kier alpha value is -3.34. The fourth-order valence-corrected chi connectivity index (χ4v) is 6.75. The van der Waals surface area contributed by atoms with Gasteiger partial charge in [0.15, 0.2) is 6.10 Å². The number of hydrogen-bond donors (Lipinski definition) is 3. The lowest BCUT2D eigenvalue weighted by molar-refractivity contribution is -0.161. The Morgan fingerprint density at radius 1 is 0.516 bits per heavy atom. The second-order valence-electron chi connectivity index (χ2n) is 15.5. The van der Waals surface area contributed by atoms with Crippen LogP contribution in [0.5, 0.6) is 0 Å². The molecule has 0 aromatic heterocycles. The largest absolute Gasteiger partial charge is 0.480 e. The first kappa shape index (κ1) is 58.7. The molecule has 1 unspecified atom stereocenters. The number of phosphoric acid groups is 1. The van der Waals surface area contributed by atoms with Crippen LogP contribution >= 0.6 is 7.82 Å². The summed E-state index contributed by atoms with van der Waals surface area (Å²) in [5.74, 6) is -2.49. The zero-order valence-corrected chi connectivity index (χ0v) is 39.3. The maximum Gasteiger partial charge on any atom is 0.472 e. The highest BCUT2D eigenvalue weighted by Crippen LogP contribution is 2.43. The average molecular weight is 890 g/mol. The van der Waals surface area contributed by atoms with Crippen molar-refractivity contribution in [2.75, 3.05) is 19.8 Å². The Balaban J connectivity index is 4.43. The van der Waals surface area contributed by atoms with Crippen molar-refractivity contribution in [2.45, 2.75) is 193 Å². The van der Waals surface area contributed by atoms with Gasteiger partial charge in [-0.1, -0.05) is 176 Å². The topological polar surface area (TPSA) is 172 Å². The van der Waals surface area contributed by atoms with E-state index in [-0.39, 0.29) is 19.4 Å². The Bertz CT molecular complexity index is 1370. The molecule has 0 bridgehead atoms. The van der Waals surface area contributed by atoms with E-state index in [1.54, 1.807) is 0 Å². The van der Waals surface area contributed by atoms with Gasteiger partial charge in [-0.15, -0.1) is 0 Å². The molecule has 0 aliphatic carbocycles. The van der Waals surface area contributed by atoms with Crippen molar-refractivity contribution in [1.82, 2.24) is 0 Å². The summed E-state index contributed by atoms with van der Waals surface area (Å²) in [5, 5.41) is 8.90. The number of allylic oxidation sites excluding steroid dienone is 14. The van der Waals surface area contributed by atoms with Crippen LogP contribution in [-0.4, -0.2) is 59.9 Å². The minimum absolute atomic E-state index is 0.0318. The molecule has 3 atom stereocenters. The minimum Gasteiger partial charge on any atom is -0.480 e. The predicted octanol–water partition coefficient (Wildman–Crippen LogP) is 13.1. The molecule has 4 N–H and O–H groups in total. The van der Waals surface area contributed by atoms with Crippen LogP contribution in [0.1, 0.15) is 181 Å². The number of aliphatic carboxylic acids is 1. The van der Waals surface area contributed by atoms with Gasteiger partial charge in [0.2, 0.25) is 0 Å². The van der Waals surface area contributed by atoms with Crippen molar-refractivity contribution in [2.24, 2.45) is 5.73 Å². The van der Waals surface area contributed by atoms with Crippen molar-refractivity contribution >= 4 is 25.7 Å². The van der Waals surface area contributed by atoms with Crippen LogP contribution in [-0.2, 0) is 37.5 Å². The van der Waals surface area contributed by atoms with Gasteiger partial charge in [-0.2, -0.15) is 0 Å². The molecule has 0 aromatic carbocycles. The van der Waals surface area contributed by atoms with Crippen LogP contribution in [0.4, 0.5) is 0 Å². The highest BCUT2D eigenvalue weighted by atomic mass is 31.2. The number of esters is 2. The van der Waals surface area contributed by atoms with Gasteiger partial charge in [0.1, 0.15) is 12.6 Å². The van der Waals surface area contributed by atoms with Gasteiger partial charge in [0, 0.05) is 12.8 Å². The first-order valence-corrected chi connectivity index (χ1v) is 25.1. The molecule has 0 aromatic rings. The molecular weight excluding hydrogens is 806 g/mol. The number of rotatable bonds is 43. The van der Waals surface area contributed by atoms with E-state index in [1.165, 1.54) is 83.5 Å². The third-order valence-corrected chi connectivity index (χ3v) is 10.6. The molecule has 11 nitrogen and oxygen atoms in total. The second kappa shape index (κ2) is 44.3. The van der Waals surface area contributed by atoms with Gasteiger partial charge in [-0.25, -0.2) is 4.57 Å². The van der Waals surface area contributed by atoms with Crippen LogP contribution in [0.25, 0.3) is 0 Å². The van der Waals surface area contributed by atoms with Crippen molar-refractivity contribution in [3.05, 3.63) is 85.1 Å². The number of carboxylic acid groups (broad SMARTS) is 1. The molecule has 0 amide bonds. The molecule has 0 rings (SSSR count). The number of hydrogen-bond acceptors (Lipinski definition) is 9. The first-order valence-electron chi connectivity index (χ1n) is 23.6. The highest BCUT2D eigenvalue weighted by molar-refractivity contribution is 7.47. The van der Waals surface area contributed by atoms with Gasteiger partial charge in [0.05, 0.1) is 13.2 Å². The van der Waals surface area contributed by atoms with Gasteiger partial charge >= 0.3 is 25.7 Å². The SMILES string of the molecule is CC/C=C\C/C=C\C/C=C\C/C=C\C/C=C\C/C=C\CCC(=O)O[C@H](COC(=O)CCCCCCCCCCC/C=C\CCCCCCCC)COP(=O)(O)OC[C@H](N)C(=O)O. The van der Waals surface area contributed by atoms with Crippen molar-refractivity contribution in [1.29, 1.82) is 0 Å². The Morgan fingerprint density at radius 3 is 1.42 bits per heavy atom. The second-order valence-corrected chi connectivity index (χ2v) is 17.0. The molecule has 0 heterocycles. The molecule has 0 aliphatic rings. The Kier molecular flexibility index (Phi) is 41.9. The molecule has 0 saturated heterocycles. The molecule has 0 radical (unpaired) electrons. The Morgan fingerprint density at radius 2 is 0.935 bits per heavy atom. The van der Waals surface area contributed by atoms with Crippen LogP contribution in [0.15, 0.2) is 85.1 Å². The average Bonchev–Trinajstić information content (AvgIpc) is 3.25. The van der Waals surface area contributed by atoms with Gasteiger partial charge < -0.3 is 25.2 Å². The van der Waals surface area contributed by atoms with Crippen molar-refractivity contribution < 1.29 is 47.5 Å². The molecule has 0 saturated carbocycles. The lowest BCUT2D eigenvalue weighted by atomic mass is 10.1. The number of carbonyl (C=O) groups is 3. The van der Waals surface area contributed by atoms with Gasteiger partial charge in [-0.3, -0.25) is 23.4 Å². The fraction of sp³-hybridized carbons (Fsp3) is 0.660. The molecule has 12 heteroatoms. The standard InChI is InChI=1S/C50H84NO10P/c1-3-5-7-9-11-13-15-17-19-21-23-25-27-29-31-33-35-37-39-41-48(52)58-43-46(44-59-62(56,57)60-45-47(51)50(54)55)61-49(53)42-40-38-36-34-32-30-28-26-24-22-20-18-16-14-12-10-8-6-4-2/h6,8,12,14,17-20,24,26,30,32,36,38,46-47H,3-5,7,9-11,13,15-16,21-23,25,27-29,31,33-35,37,39-45,51H2,1-2H3,(H,54,55)(H,56,57)/b8-6-,14-12-,19-17-,20-18-,26-24-,32-30-,38-36-/t46-,47+/m1/s1. The van der Waals surface area contributed by atoms with E-state index in [0.717, 1.165) is 51.4 Å². The maximum absolute atomic E-state index is 12.6. The summed E-state index contributed by atoms with van der Waals surface area (Å²) in [5.41, 5.74) is 5.34. The van der Waals surface area contributed by atoms with E-state index in [4.69, 9.17) is 24.8 Å². The lowest BCUT2D eigenvalue weighted by Gasteiger charge is -2.20. The monoisotopic (exact) mass is 890 g/mol. The summed E-state index contributed by atoms with van der Waals surface area (Å²) in [6.07, 6.45) is 55.2. The van der Waals surface area contributed by atoms with Gasteiger partial charge in [0.25, 0.3) is 0 Å². The minimum atomic E-state index is -4.74. The number of ether oxygens (including phenoxy) is 2. The van der Waals surface area contributed by atoms with Crippen LogP contribution in [0.3, 0.4) is 0 Å². The van der Waals surface area contributed by atoms with Crippen LogP contribution < -0.4 is 5.73 Å². The van der Waals surface area contributed by atoms with E-state index in [9.17, 15) is 23.8 Å². The van der Waals surface area contributed by atoms with E-state index >= 15 is 0 Å². The third kappa shape index (κ3) is 43.3. The summed E-state index contributed by atoms with van der Waals surface area (Å²) >= 11 is 0. The summed E-state index contributed by atoms with van der Waals surface area (Å²) in [4.78, 5) is 46.0. The van der Waals surface area contributed by atoms with E-state index in [1.807, 2.05) is 18.2 Å². The number of nitrogens with two attached hydrogens (primary N) is 1. The van der Waals surface area contributed by atoms with Gasteiger partial charge in [-0.05, 0) is 77.0 Å². The summed E-state index contributed by atoms with van der Waals surface area (Å²) in [6.45, 7) is 2.61. The molecule has 0 aliphatic heterocycles. The van der Waals surface area contributed by atoms with E-state index in [0.29, 0.717) is 19.3 Å². The third-order valence-electron chi connectivity index (χ3n) is 9.64. The number of carbonyl (C=O) groups excluding carboxylic acids is 2. The predicted molar refractivity (Wildman–Crippen MR) is 254 cm³/mol. The van der Waals surface area contributed by atoms with Crippen molar-refractivity contribution in [3.8, 4) is 0 Å². The zero-order chi connectivity index (χ0) is 45.6. The quantitative estimate of drug-likeness (QED) is 0.0230. The number of carboxylic acids is 1. The maximum atomic E-state index is 12.6. The Labute approximate surface area is 375 Å². The smallest absolute Gasteiger partial charge is 0.472 e. The molecule has 354 valence electrons. The zero-order valence-electron chi connectivity index (χ0n) is 38.4. The van der Waals surface area contributed by atoms with Crippen LogP contribution in [0.2, 0.25) is 0 Å². The normalized spacial score (nSPS) is 14.4. The van der Waals surface area contributed by atoms with Crippen LogP contribution in [0, 0.1) is 0 Å². The first-order chi connectivity index (χ1) is 30.1. The lowest BCUT2D eigenvalue weighted by Crippen LogP contribution is -2.34.